The van der Waals surface area contributed by atoms with Crippen molar-refractivity contribution < 1.29 is 48.1 Å². The molecular weight excluding hydrogens is 568 g/mol. The Balaban J connectivity index is 4.45. The van der Waals surface area contributed by atoms with E-state index in [1.54, 1.807) is 0 Å². The Kier molecular flexibility index (Phi) is 23.8. The van der Waals surface area contributed by atoms with Gasteiger partial charge >= 0.3 is 11.9 Å². The summed E-state index contributed by atoms with van der Waals surface area (Å²) >= 11 is 1.36. The number of hydrogen-bond acceptors (Lipinski definition) is 12. The molecule has 0 saturated carbocycles. The summed E-state index contributed by atoms with van der Waals surface area (Å²) in [7, 11) is 0. The molecule has 0 aliphatic heterocycles. The van der Waals surface area contributed by atoms with Gasteiger partial charge in [0.2, 0.25) is 5.91 Å². The summed E-state index contributed by atoms with van der Waals surface area (Å²) in [5.41, 5.74) is 11.1. The molecule has 5 N–H and O–H groups in total. The number of carbonyl (C=O) groups excluding carboxylic acids is 6. The van der Waals surface area contributed by atoms with Crippen LogP contribution in [0.1, 0.15) is 90.9 Å². The molecule has 0 aromatic heterocycles. The van der Waals surface area contributed by atoms with Crippen molar-refractivity contribution >= 4 is 47.0 Å². The van der Waals surface area contributed by atoms with Gasteiger partial charge in [0.25, 0.3) is 0 Å². The van der Waals surface area contributed by atoms with Gasteiger partial charge in [0.05, 0.1) is 25.9 Å². The highest BCUT2D eigenvalue weighted by Crippen LogP contribution is 2.16. The summed E-state index contributed by atoms with van der Waals surface area (Å²) in [5, 5.41) is 9.66. The molecule has 42 heavy (non-hydrogen) atoms. The second-order valence-corrected chi connectivity index (χ2v) is 11.2. The minimum absolute atomic E-state index is 0.00504. The van der Waals surface area contributed by atoms with Gasteiger partial charge in [-0.25, -0.2) is 0 Å². The Bertz CT molecular complexity index is 839. The summed E-state index contributed by atoms with van der Waals surface area (Å²) < 4.78 is 16.1. The van der Waals surface area contributed by atoms with E-state index in [2.05, 4.69) is 0 Å². The zero-order chi connectivity index (χ0) is 31.8. The van der Waals surface area contributed by atoms with Gasteiger partial charge in [0.15, 0.2) is 5.78 Å². The summed E-state index contributed by atoms with van der Waals surface area (Å²) in [6.45, 7) is 3.95. The maximum atomic E-state index is 12.6. The van der Waals surface area contributed by atoms with E-state index in [1.807, 2.05) is 13.8 Å². The van der Waals surface area contributed by atoms with Crippen LogP contribution in [0.15, 0.2) is 0 Å². The van der Waals surface area contributed by atoms with Crippen molar-refractivity contribution in [3.05, 3.63) is 0 Å². The zero-order valence-corrected chi connectivity index (χ0v) is 26.0. The van der Waals surface area contributed by atoms with Crippen molar-refractivity contribution in [3.8, 4) is 0 Å². The van der Waals surface area contributed by atoms with Crippen LogP contribution in [-0.4, -0.2) is 90.4 Å². The molecule has 0 aromatic rings. The number of Topliss-reactive ketones (excluding diaryl/α,β-unsaturated/α-hetero) is 3. The molecule has 0 rings (SSSR count). The second kappa shape index (κ2) is 25.2. The summed E-state index contributed by atoms with van der Waals surface area (Å²) in [5.74, 6) is -2.03. The van der Waals surface area contributed by atoms with Crippen LogP contribution in [-0.2, 0) is 43.0 Å². The standard InChI is InChI=1S/C29H50N2O10S/c1-3-7-28(37)40-15-5-9-23(41-29(38)8-4-2)19-42-20-24(30)26(35)17-21(18-32)25(34)10-6-14-39-16-13-22(33)11-12-27(31)36/h21,23-24,32H,3-20,30H2,1-2H3,(H2,31,36). The number of ether oxygens (including phenoxy) is 3. The summed E-state index contributed by atoms with van der Waals surface area (Å²) in [6.07, 6.45) is 3.19. The molecule has 3 atom stereocenters. The van der Waals surface area contributed by atoms with E-state index in [0.29, 0.717) is 50.7 Å². The minimum atomic E-state index is -0.859. The maximum absolute atomic E-state index is 12.6. The topological polar surface area (TPSA) is 202 Å². The highest BCUT2D eigenvalue weighted by molar-refractivity contribution is 7.99. The third kappa shape index (κ3) is 21.4. The van der Waals surface area contributed by atoms with Gasteiger partial charge < -0.3 is 30.8 Å². The number of esters is 2. The number of nitrogens with two attached hydrogens (primary N) is 2. The van der Waals surface area contributed by atoms with E-state index in [1.165, 1.54) is 11.8 Å². The van der Waals surface area contributed by atoms with Crippen molar-refractivity contribution in [1.29, 1.82) is 0 Å². The molecule has 0 bridgehead atoms. The number of ketones is 3. The average Bonchev–Trinajstić information content (AvgIpc) is 2.94. The molecule has 0 spiro atoms. The normalized spacial score (nSPS) is 13.1. The molecule has 242 valence electrons. The maximum Gasteiger partial charge on any atom is 0.306 e. The van der Waals surface area contributed by atoms with Crippen LogP contribution in [0.2, 0.25) is 0 Å². The Hall–Kier alpha value is -2.35. The molecule has 0 aliphatic carbocycles. The molecule has 0 fully saturated rings. The van der Waals surface area contributed by atoms with Crippen LogP contribution in [0, 0.1) is 5.92 Å². The van der Waals surface area contributed by atoms with Gasteiger partial charge in [-0.3, -0.25) is 28.8 Å². The van der Waals surface area contributed by atoms with Crippen LogP contribution < -0.4 is 11.5 Å². The minimum Gasteiger partial charge on any atom is -0.466 e. The third-order valence-electron chi connectivity index (χ3n) is 6.17. The highest BCUT2D eigenvalue weighted by Gasteiger charge is 2.24. The molecule has 0 heterocycles. The molecule has 0 radical (unpaired) electrons. The van der Waals surface area contributed by atoms with Crippen LogP contribution in [0.25, 0.3) is 0 Å². The fraction of sp³-hybridized carbons (Fsp3) is 0.793. The number of aliphatic hydroxyl groups excluding tert-OH is 1. The first-order valence-electron chi connectivity index (χ1n) is 14.8. The zero-order valence-electron chi connectivity index (χ0n) is 25.1. The highest BCUT2D eigenvalue weighted by atomic mass is 32.2. The summed E-state index contributed by atoms with van der Waals surface area (Å²) in [6, 6.07) is -0.853. The molecule has 13 heteroatoms. The predicted molar refractivity (Wildman–Crippen MR) is 159 cm³/mol. The number of aliphatic hydroxyl groups is 1. The van der Waals surface area contributed by atoms with Gasteiger partial charge in [-0.1, -0.05) is 13.8 Å². The number of carbonyl (C=O) groups is 6. The quantitative estimate of drug-likeness (QED) is 0.0852. The fourth-order valence-corrected chi connectivity index (χ4v) is 4.79. The number of thioether (sulfide) groups is 1. The monoisotopic (exact) mass is 618 g/mol. The first-order valence-corrected chi connectivity index (χ1v) is 15.9. The second-order valence-electron chi connectivity index (χ2n) is 10.1. The van der Waals surface area contributed by atoms with Gasteiger partial charge in [-0.2, -0.15) is 11.8 Å². The van der Waals surface area contributed by atoms with Gasteiger partial charge in [-0.15, -0.1) is 0 Å². The Morgan fingerprint density at radius 1 is 0.786 bits per heavy atom. The lowest BCUT2D eigenvalue weighted by molar-refractivity contribution is -0.149. The van der Waals surface area contributed by atoms with E-state index < -0.39 is 30.6 Å². The van der Waals surface area contributed by atoms with Crippen LogP contribution in [0.5, 0.6) is 0 Å². The van der Waals surface area contributed by atoms with Crippen molar-refractivity contribution in [2.75, 3.05) is 37.9 Å². The van der Waals surface area contributed by atoms with E-state index in [0.717, 1.165) is 0 Å². The molecule has 0 aliphatic rings. The van der Waals surface area contributed by atoms with E-state index >= 15 is 0 Å². The first-order chi connectivity index (χ1) is 20.0. The smallest absolute Gasteiger partial charge is 0.306 e. The van der Waals surface area contributed by atoms with Crippen LogP contribution in [0.3, 0.4) is 0 Å². The van der Waals surface area contributed by atoms with E-state index in [4.69, 9.17) is 25.7 Å². The lowest BCUT2D eigenvalue weighted by Crippen LogP contribution is -2.36. The van der Waals surface area contributed by atoms with Gasteiger partial charge in [0, 0.05) is 69.0 Å². The number of hydrogen-bond donors (Lipinski definition) is 3. The number of rotatable bonds is 28. The predicted octanol–water partition coefficient (Wildman–Crippen LogP) is 2.04. The summed E-state index contributed by atoms with van der Waals surface area (Å²) in [4.78, 5) is 70.9. The van der Waals surface area contributed by atoms with Crippen molar-refractivity contribution in [2.45, 2.75) is 103 Å². The fourth-order valence-electron chi connectivity index (χ4n) is 3.72. The average molecular weight is 619 g/mol. The van der Waals surface area contributed by atoms with Crippen LogP contribution in [0.4, 0.5) is 0 Å². The van der Waals surface area contributed by atoms with Gasteiger partial charge in [0.1, 0.15) is 17.7 Å². The SMILES string of the molecule is CCCC(=O)OCCCC(CSCC(N)C(=O)CC(CO)C(=O)CCCOCCC(=O)CCC(N)=O)OC(=O)CCC. The van der Waals surface area contributed by atoms with Crippen molar-refractivity contribution in [1.82, 2.24) is 0 Å². The van der Waals surface area contributed by atoms with Crippen LogP contribution >= 0.6 is 11.8 Å². The first kappa shape index (κ1) is 39.6. The molecule has 12 nitrogen and oxygen atoms in total. The van der Waals surface area contributed by atoms with Gasteiger partial charge in [-0.05, 0) is 32.1 Å². The van der Waals surface area contributed by atoms with E-state index in [-0.39, 0.29) is 87.0 Å². The molecule has 0 aromatic carbocycles. The lowest BCUT2D eigenvalue weighted by atomic mass is 9.93. The lowest BCUT2D eigenvalue weighted by Gasteiger charge is -2.19. The number of primary amides is 1. The van der Waals surface area contributed by atoms with Crippen molar-refractivity contribution in [3.63, 3.8) is 0 Å². The Labute approximate surface area is 253 Å². The Morgan fingerprint density at radius 3 is 2.12 bits per heavy atom. The molecular formula is C29H50N2O10S. The number of amides is 1. The molecule has 0 saturated heterocycles. The van der Waals surface area contributed by atoms with E-state index in [9.17, 15) is 33.9 Å². The third-order valence-corrected chi connectivity index (χ3v) is 7.37. The van der Waals surface area contributed by atoms with Crippen molar-refractivity contribution in [2.24, 2.45) is 17.4 Å². The molecule has 3 unspecified atom stereocenters. The largest absolute Gasteiger partial charge is 0.466 e. The molecule has 1 amide bonds. The Morgan fingerprint density at radius 2 is 1.48 bits per heavy atom.